The number of hydrogen-bond acceptors (Lipinski definition) is 6. The van der Waals surface area contributed by atoms with E-state index in [0.717, 1.165) is 12.1 Å². The van der Waals surface area contributed by atoms with Gasteiger partial charge in [0, 0.05) is 29.8 Å². The van der Waals surface area contributed by atoms with Crippen molar-refractivity contribution in [2.75, 3.05) is 45.0 Å². The number of aromatic carboxylic acids is 1. The second-order valence-corrected chi connectivity index (χ2v) is 9.20. The summed E-state index contributed by atoms with van der Waals surface area (Å²) in [5.41, 5.74) is 1.53. The van der Waals surface area contributed by atoms with Crippen molar-refractivity contribution in [2.45, 2.75) is 6.54 Å². The summed E-state index contributed by atoms with van der Waals surface area (Å²) < 4.78 is 45.5. The second kappa shape index (κ2) is 10.5. The van der Waals surface area contributed by atoms with Crippen molar-refractivity contribution >= 4 is 29.2 Å². The third kappa shape index (κ3) is 4.72. The Kier molecular flexibility index (Phi) is 7.09. The zero-order valence-corrected chi connectivity index (χ0v) is 21.1. The molecule has 0 aromatic heterocycles. The highest BCUT2D eigenvalue weighted by molar-refractivity contribution is 6.33. The molecular formula is C27H23ClF2N2O6. The molecule has 1 fully saturated rings. The van der Waals surface area contributed by atoms with E-state index in [4.69, 9.17) is 25.8 Å². The van der Waals surface area contributed by atoms with Gasteiger partial charge in [0.2, 0.25) is 0 Å². The van der Waals surface area contributed by atoms with Gasteiger partial charge in [-0.05, 0) is 24.3 Å². The number of hydrogen-bond donors (Lipinski definition) is 1. The highest BCUT2D eigenvalue weighted by Gasteiger charge is 2.29. The Balaban J connectivity index is 1.49. The van der Waals surface area contributed by atoms with Crippen LogP contribution in [0, 0.1) is 11.6 Å². The third-order valence-corrected chi connectivity index (χ3v) is 6.85. The molecule has 11 heteroatoms. The summed E-state index contributed by atoms with van der Waals surface area (Å²) in [5.74, 6) is -2.85. The van der Waals surface area contributed by atoms with Gasteiger partial charge in [-0.1, -0.05) is 29.8 Å². The summed E-state index contributed by atoms with van der Waals surface area (Å²) in [6.07, 6.45) is 0. The number of carboxylic acids is 1. The quantitative estimate of drug-likeness (QED) is 0.492. The molecule has 5 rings (SSSR count). The molecule has 0 atom stereocenters. The number of carbonyl (C=O) groups is 2. The minimum atomic E-state index is -1.23. The second-order valence-electron chi connectivity index (χ2n) is 8.79. The van der Waals surface area contributed by atoms with Crippen LogP contribution in [0.5, 0.6) is 11.5 Å². The average Bonchev–Trinajstić information content (AvgIpc) is 2.92. The van der Waals surface area contributed by atoms with E-state index in [1.54, 1.807) is 18.2 Å². The van der Waals surface area contributed by atoms with E-state index in [2.05, 4.69) is 0 Å². The first-order valence-corrected chi connectivity index (χ1v) is 12.1. The molecule has 3 aromatic carbocycles. The SMILES string of the molecule is COc1cc(C(=O)N2COc3c(cccc3-c3cc(N4CCOCC4)c(C(=O)O)cc3F)C2)c(Cl)cc1F. The van der Waals surface area contributed by atoms with Crippen LogP contribution in [0.25, 0.3) is 11.1 Å². The van der Waals surface area contributed by atoms with Crippen molar-refractivity contribution in [1.82, 2.24) is 4.90 Å². The standard InChI is InChI=1S/C27H23ClF2N2O6/c1-36-24-11-18(20(28)12-22(24)30)26(33)32-13-15-3-2-4-16(25(15)38-14-32)17-10-23(31-5-7-37-8-6-31)19(27(34)35)9-21(17)29/h2-4,9-12H,5-8,13-14H2,1H3,(H,34,35). The number of para-hydroxylation sites is 1. The molecule has 38 heavy (non-hydrogen) atoms. The summed E-state index contributed by atoms with van der Waals surface area (Å²) >= 11 is 6.13. The Morgan fingerprint density at radius 2 is 1.79 bits per heavy atom. The lowest BCUT2D eigenvalue weighted by atomic mass is 9.97. The fraction of sp³-hybridized carbons (Fsp3) is 0.259. The van der Waals surface area contributed by atoms with E-state index in [1.165, 1.54) is 24.1 Å². The first-order chi connectivity index (χ1) is 18.3. The number of ether oxygens (including phenoxy) is 3. The Morgan fingerprint density at radius 1 is 1.03 bits per heavy atom. The van der Waals surface area contributed by atoms with Crippen molar-refractivity contribution in [3.05, 3.63) is 75.8 Å². The van der Waals surface area contributed by atoms with E-state index in [-0.39, 0.29) is 40.7 Å². The van der Waals surface area contributed by atoms with Gasteiger partial charge in [-0.2, -0.15) is 0 Å². The number of nitrogens with zero attached hydrogens (tertiary/aromatic N) is 2. The molecule has 2 aliphatic heterocycles. The van der Waals surface area contributed by atoms with Crippen LogP contribution >= 0.6 is 11.6 Å². The third-order valence-electron chi connectivity index (χ3n) is 6.54. The molecule has 198 valence electrons. The summed E-state index contributed by atoms with van der Waals surface area (Å²) in [5, 5.41) is 9.63. The van der Waals surface area contributed by atoms with Gasteiger partial charge in [-0.25, -0.2) is 13.6 Å². The molecule has 0 spiro atoms. The topological polar surface area (TPSA) is 88.5 Å². The molecule has 2 heterocycles. The summed E-state index contributed by atoms with van der Waals surface area (Å²) in [6, 6.07) is 9.92. The first kappa shape index (κ1) is 25.7. The molecule has 1 saturated heterocycles. The molecule has 3 aromatic rings. The molecular weight excluding hydrogens is 522 g/mol. The normalized spacial score (nSPS) is 15.1. The fourth-order valence-electron chi connectivity index (χ4n) is 4.64. The molecule has 8 nitrogen and oxygen atoms in total. The van der Waals surface area contributed by atoms with Crippen LogP contribution in [0.2, 0.25) is 5.02 Å². The van der Waals surface area contributed by atoms with Crippen molar-refractivity contribution in [2.24, 2.45) is 0 Å². The van der Waals surface area contributed by atoms with Gasteiger partial charge in [0.1, 0.15) is 11.6 Å². The number of carboxylic acid groups (broad SMARTS) is 1. The molecule has 0 unspecified atom stereocenters. The number of morpholine rings is 1. The maximum atomic E-state index is 15.3. The van der Waals surface area contributed by atoms with E-state index in [9.17, 15) is 19.1 Å². The molecule has 0 bridgehead atoms. The van der Waals surface area contributed by atoms with Crippen molar-refractivity contribution < 1.29 is 37.7 Å². The van der Waals surface area contributed by atoms with Crippen molar-refractivity contribution in [3.63, 3.8) is 0 Å². The molecule has 0 saturated carbocycles. The largest absolute Gasteiger partial charge is 0.494 e. The van der Waals surface area contributed by atoms with Crippen LogP contribution in [0.1, 0.15) is 26.3 Å². The van der Waals surface area contributed by atoms with Crippen LogP contribution < -0.4 is 14.4 Å². The first-order valence-electron chi connectivity index (χ1n) is 11.8. The maximum absolute atomic E-state index is 15.3. The van der Waals surface area contributed by atoms with E-state index >= 15 is 4.39 Å². The lowest BCUT2D eigenvalue weighted by molar-refractivity contribution is 0.0515. The van der Waals surface area contributed by atoms with E-state index in [0.29, 0.717) is 48.9 Å². The molecule has 0 aliphatic carbocycles. The summed E-state index contributed by atoms with van der Waals surface area (Å²) in [4.78, 5) is 28.3. The Hall–Kier alpha value is -3.89. The molecule has 1 amide bonds. The number of benzene rings is 3. The predicted molar refractivity (Wildman–Crippen MR) is 135 cm³/mol. The highest BCUT2D eigenvalue weighted by Crippen LogP contribution is 2.40. The van der Waals surface area contributed by atoms with Gasteiger partial charge in [0.15, 0.2) is 18.3 Å². The average molecular weight is 545 g/mol. The highest BCUT2D eigenvalue weighted by atomic mass is 35.5. The number of methoxy groups -OCH3 is 1. The minimum Gasteiger partial charge on any atom is -0.494 e. The lowest BCUT2D eigenvalue weighted by Gasteiger charge is -2.32. The Bertz CT molecular complexity index is 1430. The Labute approximate surface area is 221 Å². The van der Waals surface area contributed by atoms with Gasteiger partial charge in [-0.3, -0.25) is 4.79 Å². The minimum absolute atomic E-state index is 0.0542. The van der Waals surface area contributed by atoms with Crippen LogP contribution in [-0.4, -0.2) is 62.0 Å². The van der Waals surface area contributed by atoms with Crippen LogP contribution in [0.3, 0.4) is 0 Å². The maximum Gasteiger partial charge on any atom is 0.337 e. The number of rotatable bonds is 5. The number of amides is 1. The lowest BCUT2D eigenvalue weighted by Crippen LogP contribution is -2.37. The van der Waals surface area contributed by atoms with Gasteiger partial charge >= 0.3 is 5.97 Å². The number of anilines is 1. The zero-order valence-electron chi connectivity index (χ0n) is 20.3. The predicted octanol–water partition coefficient (Wildman–Crippen LogP) is 4.82. The fourth-order valence-corrected chi connectivity index (χ4v) is 4.87. The van der Waals surface area contributed by atoms with Gasteiger partial charge in [0.25, 0.3) is 5.91 Å². The Morgan fingerprint density at radius 3 is 2.50 bits per heavy atom. The summed E-state index contributed by atoms with van der Waals surface area (Å²) in [7, 11) is 1.29. The molecule has 0 radical (unpaired) electrons. The van der Waals surface area contributed by atoms with Gasteiger partial charge in [0.05, 0.1) is 48.7 Å². The smallest absolute Gasteiger partial charge is 0.337 e. The number of fused-ring (bicyclic) bond motifs is 1. The van der Waals surface area contributed by atoms with Crippen molar-refractivity contribution in [1.29, 1.82) is 0 Å². The number of carbonyl (C=O) groups excluding carboxylic acids is 1. The van der Waals surface area contributed by atoms with Crippen LogP contribution in [0.15, 0.2) is 42.5 Å². The van der Waals surface area contributed by atoms with E-state index in [1.807, 2.05) is 4.90 Å². The van der Waals surface area contributed by atoms with E-state index < -0.39 is 23.5 Å². The molecule has 2 aliphatic rings. The summed E-state index contributed by atoms with van der Waals surface area (Å²) in [6.45, 7) is 1.78. The zero-order chi connectivity index (χ0) is 27.0. The van der Waals surface area contributed by atoms with Crippen LogP contribution in [0.4, 0.5) is 14.5 Å². The number of halogens is 3. The van der Waals surface area contributed by atoms with Crippen LogP contribution in [-0.2, 0) is 11.3 Å². The monoisotopic (exact) mass is 544 g/mol. The van der Waals surface area contributed by atoms with Gasteiger partial charge in [-0.15, -0.1) is 0 Å². The molecule has 1 N–H and O–H groups in total. The van der Waals surface area contributed by atoms with Gasteiger partial charge < -0.3 is 29.1 Å². The van der Waals surface area contributed by atoms with Crippen molar-refractivity contribution in [3.8, 4) is 22.6 Å².